The van der Waals surface area contributed by atoms with E-state index in [2.05, 4.69) is 0 Å². The van der Waals surface area contributed by atoms with Gasteiger partial charge in [-0.05, 0) is 35.6 Å². The van der Waals surface area contributed by atoms with E-state index in [1.54, 1.807) is 6.08 Å². The van der Waals surface area contributed by atoms with Crippen LogP contribution in [0.4, 0.5) is 0 Å². The molecule has 0 atom stereocenters. The highest BCUT2D eigenvalue weighted by Crippen LogP contribution is 2.18. The van der Waals surface area contributed by atoms with Crippen molar-refractivity contribution in [3.05, 3.63) is 40.3 Å². The summed E-state index contributed by atoms with van der Waals surface area (Å²) in [5, 5.41) is 6.01. The van der Waals surface area contributed by atoms with Crippen LogP contribution in [0.1, 0.15) is 30.5 Å². The van der Waals surface area contributed by atoms with Gasteiger partial charge < -0.3 is 0 Å². The van der Waals surface area contributed by atoms with Gasteiger partial charge in [0, 0.05) is 5.41 Å². The molecule has 2 N–H and O–H groups in total. The molecule has 0 aliphatic carbocycles. The molecule has 16 heavy (non-hydrogen) atoms. The fraction of sp³-hybridized carbons (Fsp3) is 0.333. The van der Waals surface area contributed by atoms with Crippen LogP contribution in [-0.2, 0) is 22.9 Å². The van der Waals surface area contributed by atoms with Gasteiger partial charge in [-0.1, -0.05) is 32.0 Å². The lowest BCUT2D eigenvalue weighted by Gasteiger charge is -2.08. The van der Waals surface area contributed by atoms with Crippen molar-refractivity contribution in [2.24, 2.45) is 5.14 Å². The minimum Gasteiger partial charge on any atom is -0.225 e. The summed E-state index contributed by atoms with van der Waals surface area (Å²) in [7, 11) is -3.55. The first-order valence-corrected chi connectivity index (χ1v) is 6.90. The van der Waals surface area contributed by atoms with Gasteiger partial charge in [-0.15, -0.1) is 0 Å². The van der Waals surface area contributed by atoms with Crippen LogP contribution in [0, 0.1) is 0 Å². The molecule has 4 heteroatoms. The lowest BCUT2D eigenvalue weighted by molar-refractivity contribution is 0.606. The van der Waals surface area contributed by atoms with Gasteiger partial charge in [0.05, 0.1) is 0 Å². The van der Waals surface area contributed by atoms with E-state index in [1.165, 1.54) is 0 Å². The predicted octanol–water partition coefficient (Wildman–Crippen LogP) is 2.07. The molecule has 0 amide bonds. The Morgan fingerprint density at radius 2 is 1.69 bits per heavy atom. The topological polar surface area (TPSA) is 60.2 Å². The number of rotatable bonds is 4. The van der Waals surface area contributed by atoms with Crippen LogP contribution in [0.25, 0.3) is 6.08 Å². The summed E-state index contributed by atoms with van der Waals surface area (Å²) >= 11 is 0. The fourth-order valence-electron chi connectivity index (χ4n) is 1.66. The monoisotopic (exact) mass is 239 g/mol. The Hall–Kier alpha value is -1.13. The van der Waals surface area contributed by atoms with Gasteiger partial charge in [0.2, 0.25) is 10.0 Å². The highest BCUT2D eigenvalue weighted by atomic mass is 32.2. The quantitative estimate of drug-likeness (QED) is 0.874. The first-order chi connectivity index (χ1) is 7.48. The molecule has 1 rings (SSSR count). The number of nitrogens with two attached hydrogens (primary N) is 1. The Bertz CT molecular complexity index is 467. The summed E-state index contributed by atoms with van der Waals surface area (Å²) < 4.78 is 21.8. The Balaban J connectivity index is 3.24. The van der Waals surface area contributed by atoms with Crippen molar-refractivity contribution in [1.29, 1.82) is 0 Å². The molecule has 0 bridgehead atoms. The van der Waals surface area contributed by atoms with E-state index in [9.17, 15) is 8.42 Å². The minimum atomic E-state index is -3.55. The molecule has 3 nitrogen and oxygen atoms in total. The maximum Gasteiger partial charge on any atom is 0.231 e. The zero-order valence-corrected chi connectivity index (χ0v) is 10.4. The summed E-state index contributed by atoms with van der Waals surface area (Å²) in [6, 6.07) is 6.00. The SMILES string of the molecule is CCc1cccc(CC)c1/C=C/S(N)(=O)=O. The number of hydrogen-bond acceptors (Lipinski definition) is 2. The van der Waals surface area contributed by atoms with Crippen LogP contribution in [0.2, 0.25) is 0 Å². The fourth-order valence-corrected chi connectivity index (χ4v) is 1.99. The van der Waals surface area contributed by atoms with Crippen molar-refractivity contribution in [3.63, 3.8) is 0 Å². The summed E-state index contributed by atoms with van der Waals surface area (Å²) in [6.07, 6.45) is 3.34. The number of aryl methyl sites for hydroxylation is 2. The number of sulfonamides is 1. The van der Waals surface area contributed by atoms with Gasteiger partial charge in [-0.2, -0.15) is 0 Å². The molecule has 0 unspecified atom stereocenters. The Morgan fingerprint density at radius 1 is 1.19 bits per heavy atom. The van der Waals surface area contributed by atoms with Crippen molar-refractivity contribution >= 4 is 16.1 Å². The van der Waals surface area contributed by atoms with E-state index < -0.39 is 10.0 Å². The highest BCUT2D eigenvalue weighted by Gasteiger charge is 2.04. The molecular formula is C12H17NO2S. The maximum absolute atomic E-state index is 10.9. The summed E-state index contributed by atoms with van der Waals surface area (Å²) in [5.74, 6) is 0. The second-order valence-corrected chi connectivity index (χ2v) is 5.04. The van der Waals surface area contributed by atoms with Crippen molar-refractivity contribution < 1.29 is 8.42 Å². The summed E-state index contributed by atoms with van der Waals surface area (Å²) in [4.78, 5) is 0. The first kappa shape index (κ1) is 12.9. The van der Waals surface area contributed by atoms with Gasteiger partial charge in [0.1, 0.15) is 0 Å². The van der Waals surface area contributed by atoms with Crippen LogP contribution < -0.4 is 5.14 Å². The molecule has 0 fully saturated rings. The zero-order chi connectivity index (χ0) is 12.2. The van der Waals surface area contributed by atoms with Crippen LogP contribution in [0.3, 0.4) is 0 Å². The molecule has 0 heterocycles. The number of primary sulfonamides is 1. The van der Waals surface area contributed by atoms with Crippen LogP contribution in [-0.4, -0.2) is 8.42 Å². The molecule has 0 saturated carbocycles. The molecule has 88 valence electrons. The van der Waals surface area contributed by atoms with Crippen molar-refractivity contribution in [2.45, 2.75) is 26.7 Å². The molecular weight excluding hydrogens is 222 g/mol. The molecule has 1 aromatic carbocycles. The zero-order valence-electron chi connectivity index (χ0n) is 9.60. The van der Waals surface area contributed by atoms with Crippen molar-refractivity contribution in [1.82, 2.24) is 0 Å². The van der Waals surface area contributed by atoms with E-state index in [-0.39, 0.29) is 0 Å². The lowest BCUT2D eigenvalue weighted by atomic mass is 9.98. The second-order valence-electron chi connectivity index (χ2n) is 3.59. The van der Waals surface area contributed by atoms with Crippen LogP contribution in [0.15, 0.2) is 23.6 Å². The largest absolute Gasteiger partial charge is 0.231 e. The molecule has 0 aliphatic rings. The molecule has 1 aromatic rings. The molecule has 0 saturated heterocycles. The normalized spacial score (nSPS) is 12.2. The van der Waals surface area contributed by atoms with E-state index in [1.807, 2.05) is 32.0 Å². The van der Waals surface area contributed by atoms with Gasteiger partial charge in [-0.3, -0.25) is 0 Å². The van der Waals surface area contributed by atoms with Crippen LogP contribution >= 0.6 is 0 Å². The van der Waals surface area contributed by atoms with Gasteiger partial charge in [-0.25, -0.2) is 13.6 Å². The lowest BCUT2D eigenvalue weighted by Crippen LogP contribution is -2.07. The smallest absolute Gasteiger partial charge is 0.225 e. The molecule has 0 aliphatic heterocycles. The third kappa shape index (κ3) is 3.47. The average molecular weight is 239 g/mol. The predicted molar refractivity (Wildman–Crippen MR) is 67.3 cm³/mol. The average Bonchev–Trinajstić information content (AvgIpc) is 2.24. The second kappa shape index (κ2) is 5.27. The van der Waals surface area contributed by atoms with Crippen LogP contribution in [0.5, 0.6) is 0 Å². The van der Waals surface area contributed by atoms with Crippen molar-refractivity contribution in [2.75, 3.05) is 0 Å². The molecule has 0 radical (unpaired) electrons. The standard InChI is InChI=1S/C12H17NO2S/c1-3-10-6-5-7-11(4-2)12(10)8-9-16(13,14)15/h5-9H,3-4H2,1-2H3,(H2,13,14,15)/b9-8+. The van der Waals surface area contributed by atoms with Crippen molar-refractivity contribution in [3.8, 4) is 0 Å². The first-order valence-electron chi connectivity index (χ1n) is 5.29. The Kier molecular flexibility index (Phi) is 4.26. The molecule has 0 spiro atoms. The van der Waals surface area contributed by atoms with E-state index in [0.29, 0.717) is 0 Å². The third-order valence-corrected chi connectivity index (χ3v) is 2.99. The third-order valence-electron chi connectivity index (χ3n) is 2.47. The van der Waals surface area contributed by atoms with E-state index >= 15 is 0 Å². The van der Waals surface area contributed by atoms with Gasteiger partial charge >= 0.3 is 0 Å². The van der Waals surface area contributed by atoms with Gasteiger partial charge in [0.25, 0.3) is 0 Å². The minimum absolute atomic E-state index is 0.873. The number of hydrogen-bond donors (Lipinski definition) is 1. The summed E-state index contributed by atoms with van der Waals surface area (Å²) in [6.45, 7) is 4.09. The Labute approximate surface area is 97.0 Å². The van der Waals surface area contributed by atoms with Gasteiger partial charge in [0.15, 0.2) is 0 Å². The maximum atomic E-state index is 10.9. The Morgan fingerprint density at radius 3 is 2.06 bits per heavy atom. The summed E-state index contributed by atoms with van der Waals surface area (Å²) in [5.41, 5.74) is 3.25. The van der Waals surface area contributed by atoms with E-state index in [4.69, 9.17) is 5.14 Å². The number of benzene rings is 1. The highest BCUT2D eigenvalue weighted by molar-refractivity contribution is 7.92. The molecule has 0 aromatic heterocycles. The van der Waals surface area contributed by atoms with E-state index in [0.717, 1.165) is 34.9 Å².